The van der Waals surface area contributed by atoms with Gasteiger partial charge in [-0.1, -0.05) is 19.4 Å². The Bertz CT molecular complexity index is 964. The first kappa shape index (κ1) is 22.8. The van der Waals surface area contributed by atoms with Crippen molar-refractivity contribution in [3.63, 3.8) is 0 Å². The fraction of sp³-hybridized carbons (Fsp3) is 0.250. The van der Waals surface area contributed by atoms with Crippen LogP contribution < -0.4 is 20.7 Å². The van der Waals surface area contributed by atoms with Crippen LogP contribution >= 0.6 is 12.2 Å². The zero-order valence-electron chi connectivity index (χ0n) is 16.6. The molecule has 10 heteroatoms. The molecular weight excluding hydrogens is 408 g/mol. The molecule has 158 valence electrons. The summed E-state index contributed by atoms with van der Waals surface area (Å²) in [6.07, 6.45) is 2.15. The van der Waals surface area contributed by atoms with Gasteiger partial charge in [-0.15, -0.1) is 0 Å². The highest BCUT2D eigenvalue weighted by atomic mass is 32.1. The van der Waals surface area contributed by atoms with Gasteiger partial charge in [0.05, 0.1) is 17.7 Å². The number of thiocarbonyl (C=S) groups is 1. The highest BCUT2D eigenvalue weighted by Gasteiger charge is 2.14. The summed E-state index contributed by atoms with van der Waals surface area (Å²) in [5, 5.41) is 19.0. The Labute approximate surface area is 179 Å². The van der Waals surface area contributed by atoms with Crippen LogP contribution in [0.2, 0.25) is 0 Å². The number of nitrogens with zero attached hydrogens (tertiary/aromatic N) is 1. The molecule has 2 rings (SSSR count). The van der Waals surface area contributed by atoms with E-state index in [1.807, 2.05) is 6.92 Å². The zero-order chi connectivity index (χ0) is 22.1. The molecule has 2 aromatic carbocycles. The molecule has 0 spiro atoms. The number of nitrogens with one attached hydrogen (secondary N) is 3. The van der Waals surface area contributed by atoms with Crippen LogP contribution in [0.1, 0.15) is 36.5 Å². The third kappa shape index (κ3) is 6.52. The summed E-state index contributed by atoms with van der Waals surface area (Å²) in [6.45, 7) is 2.01. The van der Waals surface area contributed by atoms with Crippen LogP contribution in [0.3, 0.4) is 0 Å². The van der Waals surface area contributed by atoms with Crippen LogP contribution in [-0.2, 0) is 4.79 Å². The van der Waals surface area contributed by atoms with Gasteiger partial charge in [-0.25, -0.2) is 0 Å². The van der Waals surface area contributed by atoms with Gasteiger partial charge >= 0.3 is 0 Å². The van der Waals surface area contributed by atoms with Crippen LogP contribution in [-0.4, -0.2) is 29.0 Å². The number of carbonyl (C=O) groups excluding carboxylic acids is 2. The van der Waals surface area contributed by atoms with Crippen molar-refractivity contribution in [2.24, 2.45) is 0 Å². The van der Waals surface area contributed by atoms with Crippen molar-refractivity contribution in [3.8, 4) is 5.75 Å². The summed E-state index contributed by atoms with van der Waals surface area (Å²) in [5.74, 6) is -0.253. The third-order valence-electron chi connectivity index (χ3n) is 4.04. The lowest BCUT2D eigenvalue weighted by Gasteiger charge is -2.14. The molecule has 2 amide bonds. The number of non-ortho nitro benzene ring substituents is 1. The number of nitro benzene ring substituents is 1. The second-order valence-electron chi connectivity index (χ2n) is 6.28. The number of amides is 2. The normalized spacial score (nSPS) is 10.1. The van der Waals surface area contributed by atoms with Crippen molar-refractivity contribution in [2.75, 3.05) is 17.7 Å². The number of carbonyl (C=O) groups is 2. The largest absolute Gasteiger partial charge is 0.494 e. The van der Waals surface area contributed by atoms with E-state index in [0.717, 1.165) is 18.9 Å². The van der Waals surface area contributed by atoms with E-state index in [-0.39, 0.29) is 22.3 Å². The Kier molecular flexibility index (Phi) is 8.24. The van der Waals surface area contributed by atoms with E-state index in [9.17, 15) is 19.7 Å². The molecule has 3 N–H and O–H groups in total. The van der Waals surface area contributed by atoms with Crippen LogP contribution in [0.15, 0.2) is 42.5 Å². The summed E-state index contributed by atoms with van der Waals surface area (Å²) < 4.78 is 5.31. The standard InChI is InChI=1S/C20H22N4O5S/c1-3-4-8-18(25)22-16-10-9-14(12-17(16)29-2)21-20(30)23-19(26)13-6-5-7-15(11-13)24(27)28/h5-7,9-12H,3-4,8H2,1-2H3,(H,22,25)(H2,21,23,26,30). The highest BCUT2D eigenvalue weighted by Crippen LogP contribution is 2.28. The number of unbranched alkanes of at least 4 members (excludes halogenated alkanes) is 1. The Morgan fingerprint density at radius 3 is 2.60 bits per heavy atom. The first-order valence-electron chi connectivity index (χ1n) is 9.18. The number of benzene rings is 2. The quantitative estimate of drug-likeness (QED) is 0.330. The fourth-order valence-electron chi connectivity index (χ4n) is 2.52. The lowest BCUT2D eigenvalue weighted by Crippen LogP contribution is -2.34. The lowest BCUT2D eigenvalue weighted by atomic mass is 10.2. The van der Waals surface area contributed by atoms with Crippen LogP contribution in [0.4, 0.5) is 17.1 Å². The summed E-state index contributed by atoms with van der Waals surface area (Å²) in [4.78, 5) is 34.5. The Morgan fingerprint density at radius 2 is 1.93 bits per heavy atom. The molecule has 0 unspecified atom stereocenters. The molecule has 0 radical (unpaired) electrons. The van der Waals surface area contributed by atoms with Crippen molar-refractivity contribution in [2.45, 2.75) is 26.2 Å². The van der Waals surface area contributed by atoms with Crippen molar-refractivity contribution < 1.29 is 19.2 Å². The van der Waals surface area contributed by atoms with Crippen molar-refractivity contribution in [1.82, 2.24) is 5.32 Å². The second kappa shape index (κ2) is 10.9. The van der Waals surface area contributed by atoms with E-state index in [4.69, 9.17) is 17.0 Å². The topological polar surface area (TPSA) is 123 Å². The number of hydrogen-bond acceptors (Lipinski definition) is 6. The molecule has 0 aliphatic heterocycles. The second-order valence-corrected chi connectivity index (χ2v) is 6.69. The van der Waals surface area contributed by atoms with Gasteiger partial charge in [-0.3, -0.25) is 25.0 Å². The molecule has 0 atom stereocenters. The van der Waals surface area contributed by atoms with Gasteiger partial charge in [-0.2, -0.15) is 0 Å². The molecular formula is C20H22N4O5S. The minimum Gasteiger partial charge on any atom is -0.494 e. The number of nitro groups is 1. The number of methoxy groups -OCH3 is 1. The van der Waals surface area contributed by atoms with E-state index in [1.165, 1.54) is 25.3 Å². The Morgan fingerprint density at radius 1 is 1.17 bits per heavy atom. The van der Waals surface area contributed by atoms with Crippen LogP contribution in [0.5, 0.6) is 5.75 Å². The van der Waals surface area contributed by atoms with Gasteiger partial charge in [0.1, 0.15) is 5.75 Å². The Balaban J connectivity index is 2.02. The lowest BCUT2D eigenvalue weighted by molar-refractivity contribution is -0.384. The highest BCUT2D eigenvalue weighted by molar-refractivity contribution is 7.80. The van der Waals surface area contributed by atoms with E-state index in [0.29, 0.717) is 23.5 Å². The van der Waals surface area contributed by atoms with Crippen molar-refractivity contribution >= 4 is 46.2 Å². The fourth-order valence-corrected chi connectivity index (χ4v) is 2.73. The number of anilines is 2. The average molecular weight is 430 g/mol. The van der Waals surface area contributed by atoms with E-state index >= 15 is 0 Å². The van der Waals surface area contributed by atoms with Gasteiger partial charge in [0.2, 0.25) is 5.91 Å². The molecule has 0 bridgehead atoms. The molecule has 0 aliphatic carbocycles. The Hall–Kier alpha value is -3.53. The maximum absolute atomic E-state index is 12.3. The first-order chi connectivity index (χ1) is 14.3. The van der Waals surface area contributed by atoms with Crippen LogP contribution in [0, 0.1) is 10.1 Å². The molecule has 0 heterocycles. The summed E-state index contributed by atoms with van der Waals surface area (Å²) in [6, 6.07) is 10.3. The number of rotatable bonds is 8. The molecule has 9 nitrogen and oxygen atoms in total. The predicted octanol–water partition coefficient (Wildman–Crippen LogP) is 3.86. The van der Waals surface area contributed by atoms with E-state index < -0.39 is 10.8 Å². The minimum atomic E-state index is -0.581. The zero-order valence-corrected chi connectivity index (χ0v) is 17.4. The summed E-state index contributed by atoms with van der Waals surface area (Å²) in [7, 11) is 1.48. The monoisotopic (exact) mass is 430 g/mol. The molecule has 0 saturated carbocycles. The number of ether oxygens (including phenoxy) is 1. The van der Waals surface area contributed by atoms with Gasteiger partial charge in [0, 0.05) is 35.9 Å². The molecule has 0 aliphatic rings. The molecule has 2 aromatic rings. The van der Waals surface area contributed by atoms with Gasteiger partial charge in [0.15, 0.2) is 5.11 Å². The third-order valence-corrected chi connectivity index (χ3v) is 4.24. The van der Waals surface area contributed by atoms with Crippen LogP contribution in [0.25, 0.3) is 0 Å². The predicted molar refractivity (Wildman–Crippen MR) is 118 cm³/mol. The maximum Gasteiger partial charge on any atom is 0.270 e. The molecule has 30 heavy (non-hydrogen) atoms. The van der Waals surface area contributed by atoms with Gasteiger partial charge in [0.25, 0.3) is 11.6 Å². The summed E-state index contributed by atoms with van der Waals surface area (Å²) >= 11 is 5.14. The average Bonchev–Trinajstić information content (AvgIpc) is 2.73. The SMILES string of the molecule is CCCCC(=O)Nc1ccc(NC(=S)NC(=O)c2cccc([N+](=O)[O-])c2)cc1OC. The van der Waals surface area contributed by atoms with E-state index in [2.05, 4.69) is 16.0 Å². The van der Waals surface area contributed by atoms with Crippen molar-refractivity contribution in [3.05, 3.63) is 58.1 Å². The van der Waals surface area contributed by atoms with Crippen molar-refractivity contribution in [1.29, 1.82) is 0 Å². The van der Waals surface area contributed by atoms with Gasteiger partial charge < -0.3 is 15.4 Å². The molecule has 0 aromatic heterocycles. The first-order valence-corrected chi connectivity index (χ1v) is 9.59. The smallest absolute Gasteiger partial charge is 0.270 e. The minimum absolute atomic E-state index is 0.00768. The molecule has 0 saturated heterocycles. The maximum atomic E-state index is 12.3. The summed E-state index contributed by atoms with van der Waals surface area (Å²) in [5.41, 5.74) is 0.970. The molecule has 0 fully saturated rings. The van der Waals surface area contributed by atoms with Gasteiger partial charge in [-0.05, 0) is 36.8 Å². The number of hydrogen-bond donors (Lipinski definition) is 3. The van der Waals surface area contributed by atoms with E-state index in [1.54, 1.807) is 18.2 Å².